The fourth-order valence-corrected chi connectivity index (χ4v) is 8.10. The summed E-state index contributed by atoms with van der Waals surface area (Å²) in [7, 11) is 2.79. The molecule has 64 heavy (non-hydrogen) atoms. The van der Waals surface area contributed by atoms with Gasteiger partial charge in [0.1, 0.15) is 17.7 Å². The summed E-state index contributed by atoms with van der Waals surface area (Å²) in [5.74, 6) is -3.15. The highest BCUT2D eigenvalue weighted by Crippen LogP contribution is 2.40. The number of nitrogens with zero attached hydrogens (tertiary/aromatic N) is 5. The van der Waals surface area contributed by atoms with Crippen molar-refractivity contribution < 1.29 is 51.0 Å². The van der Waals surface area contributed by atoms with Crippen LogP contribution in [-0.4, -0.2) is 114 Å². The van der Waals surface area contributed by atoms with Gasteiger partial charge in [-0.05, 0) is 54.7 Å². The number of aromatic nitrogens is 3. The van der Waals surface area contributed by atoms with Gasteiger partial charge in [0, 0.05) is 56.2 Å². The van der Waals surface area contributed by atoms with E-state index in [0.717, 1.165) is 6.07 Å². The quantitative estimate of drug-likeness (QED) is 0.122. The predicted molar refractivity (Wildman–Crippen MR) is 230 cm³/mol. The van der Waals surface area contributed by atoms with E-state index in [1.54, 1.807) is 42.5 Å². The molecule has 1 unspecified atom stereocenters. The smallest absolute Gasteiger partial charge is 0.453 e. The topological polar surface area (TPSA) is 171 Å². The molecular formula is C45H54F4N8O7. The summed E-state index contributed by atoms with van der Waals surface area (Å²) < 4.78 is 71.6. The molecular weight excluding hydrogens is 841 g/mol. The third kappa shape index (κ3) is 10.7. The first-order chi connectivity index (χ1) is 30.2. The lowest BCUT2D eigenvalue weighted by molar-refractivity contribution is -0.275. The number of benzene rings is 2. The van der Waals surface area contributed by atoms with Gasteiger partial charge >= 0.3 is 12.5 Å². The van der Waals surface area contributed by atoms with Crippen molar-refractivity contribution in [1.82, 2.24) is 30.1 Å². The molecule has 2 aromatic heterocycles. The van der Waals surface area contributed by atoms with Crippen molar-refractivity contribution >= 4 is 35.3 Å². The van der Waals surface area contributed by atoms with Crippen LogP contribution in [0.2, 0.25) is 0 Å². The number of alkyl carbamates (subject to hydrolysis) is 1. The zero-order valence-electron chi connectivity index (χ0n) is 37.0. The molecule has 2 fully saturated rings. The molecule has 6 rings (SSSR count). The van der Waals surface area contributed by atoms with Crippen molar-refractivity contribution in [2.24, 2.45) is 17.3 Å². The largest absolute Gasteiger partial charge is 0.573 e. The minimum Gasteiger partial charge on any atom is -0.453 e. The predicted octanol–water partition coefficient (Wildman–Crippen LogP) is 7.43. The van der Waals surface area contributed by atoms with E-state index >= 15 is 4.39 Å². The third-order valence-corrected chi connectivity index (χ3v) is 11.3. The van der Waals surface area contributed by atoms with Crippen molar-refractivity contribution in [3.8, 4) is 28.1 Å². The number of rotatable bonds is 12. The second-order valence-corrected chi connectivity index (χ2v) is 17.4. The number of anilines is 2. The van der Waals surface area contributed by atoms with E-state index < -0.39 is 53.0 Å². The monoisotopic (exact) mass is 894 g/mol. The zero-order valence-corrected chi connectivity index (χ0v) is 37.0. The van der Waals surface area contributed by atoms with Crippen molar-refractivity contribution in [2.75, 3.05) is 57.2 Å². The molecule has 4 heterocycles. The molecule has 19 heteroatoms. The molecule has 4 amide bonds. The van der Waals surface area contributed by atoms with Crippen LogP contribution in [0.15, 0.2) is 60.9 Å². The normalized spacial score (nSPS) is 18.5. The number of hydrogen-bond acceptors (Lipinski definition) is 10. The number of imidazole rings is 1. The Bertz CT molecular complexity index is 2310. The van der Waals surface area contributed by atoms with Gasteiger partial charge in [-0.2, -0.15) is 0 Å². The lowest BCUT2D eigenvalue weighted by atomic mass is 9.94. The number of piperazine rings is 1. The fraction of sp³-hybridized carbons (Fsp3) is 0.467. The average molecular weight is 895 g/mol. The second kappa shape index (κ2) is 19.2. The van der Waals surface area contributed by atoms with E-state index in [0.29, 0.717) is 62.1 Å². The number of aromatic amines is 1. The van der Waals surface area contributed by atoms with Crippen molar-refractivity contribution in [1.29, 1.82) is 0 Å². The lowest BCUT2D eigenvalue weighted by Gasteiger charge is -2.42. The molecule has 15 nitrogen and oxygen atoms in total. The molecule has 4 aromatic rings. The van der Waals surface area contributed by atoms with E-state index in [-0.39, 0.29) is 46.5 Å². The van der Waals surface area contributed by atoms with Crippen LogP contribution in [0.1, 0.15) is 70.2 Å². The number of alkyl halides is 3. The number of H-pyrrole nitrogens is 1. The SMILES string of the molecule is COCC1C[C@@H](c2ncc(-c3ccc(-c4ccc(C(=O)Nc5ccc(N6CCN(C(=O)C(C)(C)C)C[C@H]6C)nc5)c(F)c4OC(F)(F)F)cc3)[nH]2)N(C(=O)[C@@H](NC(=O)OC)C(C)C)C1. The van der Waals surface area contributed by atoms with Crippen LogP contribution >= 0.6 is 0 Å². The van der Waals surface area contributed by atoms with E-state index in [1.807, 2.05) is 51.3 Å². The van der Waals surface area contributed by atoms with Gasteiger partial charge in [-0.1, -0.05) is 58.9 Å². The summed E-state index contributed by atoms with van der Waals surface area (Å²) >= 11 is 0. The van der Waals surface area contributed by atoms with Crippen molar-refractivity contribution in [3.63, 3.8) is 0 Å². The number of likely N-dealkylation sites (tertiary alicyclic amines) is 1. The fourth-order valence-electron chi connectivity index (χ4n) is 8.10. The van der Waals surface area contributed by atoms with Crippen LogP contribution in [0.25, 0.3) is 22.4 Å². The number of hydrogen-bond donors (Lipinski definition) is 3. The van der Waals surface area contributed by atoms with Crippen molar-refractivity contribution in [2.45, 2.75) is 72.5 Å². The minimum absolute atomic E-state index is 0.0119. The third-order valence-electron chi connectivity index (χ3n) is 11.3. The standard InChI is InChI=1S/C45H54F4N8O7/c1-25(2)37(54-43(61)63-8)41(59)57-23-27(24-62-7)19-34(57)39-51-21-33(53-39)29-11-9-28(10-12-29)31-14-15-32(36(46)38(31)64-45(47,48)49)40(58)52-30-13-16-35(50-20-30)56-18-17-55(22-26(56)3)42(60)44(4,5)6/h9-16,20-21,25-27,34,37H,17-19,22-24H2,1-8H3,(H,51,53)(H,52,58)(H,54,61)/t26-,27?,34+,37+/m1/s1. The molecule has 0 spiro atoms. The first kappa shape index (κ1) is 47.2. The van der Waals surface area contributed by atoms with Gasteiger partial charge in [-0.25, -0.2) is 19.2 Å². The Kier molecular flexibility index (Phi) is 14.2. The van der Waals surface area contributed by atoms with Gasteiger partial charge in [0.25, 0.3) is 5.91 Å². The van der Waals surface area contributed by atoms with Gasteiger partial charge in [-0.3, -0.25) is 14.4 Å². The van der Waals surface area contributed by atoms with Crippen LogP contribution in [0.3, 0.4) is 0 Å². The Morgan fingerprint density at radius 2 is 1.62 bits per heavy atom. The number of amides is 4. The highest BCUT2D eigenvalue weighted by atomic mass is 19.4. The van der Waals surface area contributed by atoms with Crippen LogP contribution in [-0.2, 0) is 19.1 Å². The van der Waals surface area contributed by atoms with Gasteiger partial charge in [0.2, 0.25) is 11.8 Å². The maximum atomic E-state index is 16.0. The maximum Gasteiger partial charge on any atom is 0.573 e. The number of halogens is 4. The molecule has 4 atom stereocenters. The molecule has 0 radical (unpaired) electrons. The average Bonchev–Trinajstić information content (AvgIpc) is 3.91. The Balaban J connectivity index is 1.18. The van der Waals surface area contributed by atoms with E-state index in [9.17, 15) is 32.3 Å². The Morgan fingerprint density at radius 1 is 0.922 bits per heavy atom. The Morgan fingerprint density at radius 3 is 2.22 bits per heavy atom. The van der Waals surface area contributed by atoms with Gasteiger partial charge in [-0.15, -0.1) is 13.2 Å². The first-order valence-corrected chi connectivity index (χ1v) is 20.9. The summed E-state index contributed by atoms with van der Waals surface area (Å²) in [6, 6.07) is 10.3. The molecule has 0 bridgehead atoms. The van der Waals surface area contributed by atoms with Crippen molar-refractivity contribution in [3.05, 3.63) is 78.1 Å². The lowest BCUT2D eigenvalue weighted by Crippen LogP contribution is -2.56. The molecule has 344 valence electrons. The number of ether oxygens (including phenoxy) is 3. The van der Waals surface area contributed by atoms with Crippen LogP contribution in [0.5, 0.6) is 5.75 Å². The molecule has 2 saturated heterocycles. The highest BCUT2D eigenvalue weighted by Gasteiger charge is 2.42. The minimum atomic E-state index is -5.29. The number of methoxy groups -OCH3 is 2. The zero-order chi connectivity index (χ0) is 46.7. The van der Waals surface area contributed by atoms with Crippen LogP contribution in [0, 0.1) is 23.1 Å². The summed E-state index contributed by atoms with van der Waals surface area (Å²) in [4.78, 5) is 69.9. The number of nitrogens with one attached hydrogen (secondary N) is 3. The summed E-state index contributed by atoms with van der Waals surface area (Å²) in [5.41, 5.74) is 0.0206. The first-order valence-electron chi connectivity index (χ1n) is 20.9. The molecule has 0 saturated carbocycles. The molecule has 3 N–H and O–H groups in total. The Hall–Kier alpha value is -6.24. The molecule has 2 aliphatic rings. The molecule has 0 aliphatic carbocycles. The van der Waals surface area contributed by atoms with E-state index in [1.165, 1.54) is 31.5 Å². The summed E-state index contributed by atoms with van der Waals surface area (Å²) in [6.45, 7) is 13.5. The Labute approximate surface area is 368 Å². The highest BCUT2D eigenvalue weighted by molar-refractivity contribution is 6.05. The van der Waals surface area contributed by atoms with Gasteiger partial charge < -0.3 is 44.5 Å². The number of carbonyl (C=O) groups excluding carboxylic acids is 4. The number of carbonyl (C=O) groups is 4. The molecule has 2 aliphatic heterocycles. The van der Waals surface area contributed by atoms with E-state index in [4.69, 9.17) is 9.47 Å². The van der Waals surface area contributed by atoms with Crippen LogP contribution < -0.4 is 20.3 Å². The van der Waals surface area contributed by atoms with Gasteiger partial charge in [0.05, 0.1) is 49.1 Å². The second-order valence-electron chi connectivity index (χ2n) is 17.4. The summed E-state index contributed by atoms with van der Waals surface area (Å²) in [5, 5.41) is 5.13. The number of pyridine rings is 1. The maximum absolute atomic E-state index is 16.0. The van der Waals surface area contributed by atoms with Crippen LogP contribution in [0.4, 0.5) is 33.9 Å². The van der Waals surface area contributed by atoms with Gasteiger partial charge in [0.15, 0.2) is 11.6 Å². The van der Waals surface area contributed by atoms with E-state index in [2.05, 4.69) is 30.3 Å². The summed E-state index contributed by atoms with van der Waals surface area (Å²) in [6.07, 6.45) is -2.56. The molecule has 2 aromatic carbocycles.